The highest BCUT2D eigenvalue weighted by molar-refractivity contribution is 8.00. The summed E-state index contributed by atoms with van der Waals surface area (Å²) < 4.78 is 5.12. The SMILES string of the molecule is CC(C)(C)OC(=O)CO/N=C(\C(=O)NC=CC1=C(C(=O)O)N2C(=O)C[C@@H]2SC1)c1csc(N)n1. The van der Waals surface area contributed by atoms with Gasteiger partial charge in [-0.15, -0.1) is 23.1 Å². The summed E-state index contributed by atoms with van der Waals surface area (Å²) >= 11 is 2.52. The molecule has 1 saturated heterocycles. The number of amides is 2. The van der Waals surface area contributed by atoms with Gasteiger partial charge in [-0.1, -0.05) is 5.16 Å². The van der Waals surface area contributed by atoms with E-state index in [0.29, 0.717) is 17.7 Å². The Balaban J connectivity index is 1.72. The van der Waals surface area contributed by atoms with Gasteiger partial charge in [-0.2, -0.15) is 0 Å². The third-order valence-electron chi connectivity index (χ3n) is 4.32. The van der Waals surface area contributed by atoms with E-state index in [9.17, 15) is 24.3 Å². The van der Waals surface area contributed by atoms with Crippen LogP contribution in [0, 0.1) is 0 Å². The number of thiazole rings is 1. The molecule has 0 saturated carbocycles. The van der Waals surface area contributed by atoms with E-state index in [0.717, 1.165) is 11.3 Å². The normalized spacial score (nSPS) is 18.4. The number of carboxylic acids is 1. The highest BCUT2D eigenvalue weighted by Crippen LogP contribution is 2.40. The van der Waals surface area contributed by atoms with Crippen molar-refractivity contribution in [2.45, 2.75) is 38.2 Å². The van der Waals surface area contributed by atoms with E-state index < -0.39 is 30.1 Å². The molecule has 3 heterocycles. The number of nitrogens with two attached hydrogens (primary N) is 1. The second kappa shape index (κ2) is 10.3. The van der Waals surface area contributed by atoms with Crippen LogP contribution in [0.5, 0.6) is 0 Å². The lowest BCUT2D eigenvalue weighted by atomic mass is 10.1. The second-order valence-electron chi connectivity index (χ2n) is 8.09. The van der Waals surface area contributed by atoms with Crippen LogP contribution in [0.1, 0.15) is 32.9 Å². The van der Waals surface area contributed by atoms with E-state index in [2.05, 4.69) is 15.5 Å². The number of nitrogen functional groups attached to an aromatic ring is 1. The number of fused-ring (bicyclic) bond motifs is 1. The minimum absolute atomic E-state index is 0.104. The molecule has 1 aromatic rings. The van der Waals surface area contributed by atoms with Gasteiger partial charge in [-0.05, 0) is 32.4 Å². The average Bonchev–Trinajstić information content (AvgIpc) is 3.15. The molecule has 2 aliphatic rings. The van der Waals surface area contributed by atoms with E-state index in [-0.39, 0.29) is 33.5 Å². The smallest absolute Gasteiger partial charge is 0.352 e. The van der Waals surface area contributed by atoms with Crippen molar-refractivity contribution in [3.63, 3.8) is 0 Å². The summed E-state index contributed by atoms with van der Waals surface area (Å²) in [5, 5.41) is 17.2. The van der Waals surface area contributed by atoms with Crippen molar-refractivity contribution in [2.24, 2.45) is 5.16 Å². The van der Waals surface area contributed by atoms with Crippen LogP contribution in [0.25, 0.3) is 0 Å². The summed E-state index contributed by atoms with van der Waals surface area (Å²) in [5.74, 6) is -2.52. The van der Waals surface area contributed by atoms with Gasteiger partial charge in [0.25, 0.3) is 5.91 Å². The number of hydrogen-bond acceptors (Lipinski definition) is 11. The monoisotopic (exact) mass is 509 g/mol. The summed E-state index contributed by atoms with van der Waals surface area (Å²) in [5.41, 5.74) is 5.09. The number of esters is 1. The number of aliphatic carboxylic acids is 1. The summed E-state index contributed by atoms with van der Waals surface area (Å²) in [6, 6.07) is 0. The number of anilines is 1. The number of nitrogens with zero attached hydrogens (tertiary/aromatic N) is 3. The molecular formula is C20H23N5O7S2. The number of carbonyl (C=O) groups is 4. The fourth-order valence-electron chi connectivity index (χ4n) is 2.97. The van der Waals surface area contributed by atoms with Crippen LogP contribution in [0.15, 0.2) is 34.1 Å². The summed E-state index contributed by atoms with van der Waals surface area (Å²) in [4.78, 5) is 58.3. The van der Waals surface area contributed by atoms with Gasteiger partial charge in [0.1, 0.15) is 17.0 Å². The molecule has 1 aromatic heterocycles. The zero-order valence-electron chi connectivity index (χ0n) is 18.6. The second-order valence-corrected chi connectivity index (χ2v) is 10.1. The minimum Gasteiger partial charge on any atom is -0.477 e. The van der Waals surface area contributed by atoms with E-state index >= 15 is 0 Å². The van der Waals surface area contributed by atoms with Crippen LogP contribution in [-0.2, 0) is 28.8 Å². The number of thioether (sulfide) groups is 1. The topological polar surface area (TPSA) is 174 Å². The lowest BCUT2D eigenvalue weighted by Crippen LogP contribution is -2.53. The Morgan fingerprint density at radius 2 is 2.15 bits per heavy atom. The molecule has 12 nitrogen and oxygen atoms in total. The third-order valence-corrected chi connectivity index (χ3v) is 6.24. The first kappa shape index (κ1) is 25.2. The molecule has 182 valence electrons. The fourth-order valence-corrected chi connectivity index (χ4v) is 4.76. The van der Waals surface area contributed by atoms with Crippen molar-refractivity contribution in [3.05, 3.63) is 34.6 Å². The number of carboxylic acid groups (broad SMARTS) is 1. The van der Waals surface area contributed by atoms with Gasteiger partial charge in [0.05, 0.1) is 11.8 Å². The van der Waals surface area contributed by atoms with Gasteiger partial charge in [0.2, 0.25) is 12.5 Å². The number of oxime groups is 1. The maximum absolute atomic E-state index is 12.7. The van der Waals surface area contributed by atoms with Gasteiger partial charge in [-0.25, -0.2) is 14.6 Å². The van der Waals surface area contributed by atoms with Crippen LogP contribution in [0.4, 0.5) is 5.13 Å². The highest BCUT2D eigenvalue weighted by Gasteiger charge is 2.44. The molecule has 1 fully saturated rings. The van der Waals surface area contributed by atoms with Gasteiger partial charge in [0.15, 0.2) is 10.8 Å². The van der Waals surface area contributed by atoms with Crippen LogP contribution in [0.3, 0.4) is 0 Å². The van der Waals surface area contributed by atoms with Gasteiger partial charge in [-0.3, -0.25) is 14.5 Å². The molecule has 1 atom stereocenters. The van der Waals surface area contributed by atoms with Gasteiger partial charge >= 0.3 is 11.9 Å². The van der Waals surface area contributed by atoms with Crippen LogP contribution >= 0.6 is 23.1 Å². The van der Waals surface area contributed by atoms with Crippen LogP contribution in [0.2, 0.25) is 0 Å². The predicted molar refractivity (Wildman–Crippen MR) is 125 cm³/mol. The average molecular weight is 510 g/mol. The standard InChI is InChI=1S/C20H23N5O7S2/c1-20(2,3)32-14(27)7-31-24-15(11-9-34-19(21)23-11)17(28)22-5-4-10-8-33-13-6-12(26)25(13)16(10)18(29)30/h4-5,9,13H,6-8H2,1-3H3,(H2,21,23)(H,22,28)(H,29,30)/b5-4?,24-15-/t13-/m0/s1. The van der Waals surface area contributed by atoms with Crippen LogP contribution in [-0.4, -0.2) is 67.8 Å². The lowest BCUT2D eigenvalue weighted by molar-refractivity contribution is -0.160. The zero-order chi connectivity index (χ0) is 25.0. The fraction of sp³-hybridized carbons (Fsp3) is 0.400. The van der Waals surface area contributed by atoms with Gasteiger partial charge in [0, 0.05) is 17.3 Å². The molecule has 0 spiro atoms. The van der Waals surface area contributed by atoms with E-state index in [1.165, 1.54) is 34.3 Å². The van der Waals surface area contributed by atoms with Crippen molar-refractivity contribution in [2.75, 3.05) is 18.1 Å². The molecule has 0 bridgehead atoms. The Bertz CT molecular complexity index is 1100. The summed E-state index contributed by atoms with van der Waals surface area (Å²) in [7, 11) is 0. The minimum atomic E-state index is -1.22. The molecule has 2 amide bonds. The molecule has 2 aliphatic heterocycles. The lowest BCUT2D eigenvalue weighted by Gasteiger charge is -2.43. The molecular weight excluding hydrogens is 486 g/mol. The predicted octanol–water partition coefficient (Wildman–Crippen LogP) is 1.06. The number of nitrogens with one attached hydrogen (secondary N) is 1. The van der Waals surface area contributed by atoms with Crippen molar-refractivity contribution in [1.29, 1.82) is 0 Å². The van der Waals surface area contributed by atoms with Crippen LogP contribution < -0.4 is 11.1 Å². The Labute approximate surface area is 202 Å². The maximum Gasteiger partial charge on any atom is 0.352 e. The summed E-state index contributed by atoms with van der Waals surface area (Å²) in [6.07, 6.45) is 2.95. The Kier molecular flexibility index (Phi) is 7.61. The largest absolute Gasteiger partial charge is 0.477 e. The number of rotatable bonds is 8. The van der Waals surface area contributed by atoms with Gasteiger partial charge < -0.3 is 25.7 Å². The number of aromatic nitrogens is 1. The third kappa shape index (κ3) is 6.14. The molecule has 0 radical (unpaired) electrons. The molecule has 34 heavy (non-hydrogen) atoms. The molecule has 0 aliphatic carbocycles. The van der Waals surface area contributed by atoms with Crippen molar-refractivity contribution >= 4 is 57.7 Å². The van der Waals surface area contributed by atoms with Crippen molar-refractivity contribution in [1.82, 2.24) is 15.2 Å². The number of carbonyl (C=O) groups excluding carboxylic acids is 3. The number of ether oxygens (including phenoxy) is 1. The van der Waals surface area contributed by atoms with E-state index in [1.54, 1.807) is 20.8 Å². The number of β-lactam (4-membered cyclic amide) rings is 1. The van der Waals surface area contributed by atoms with Crippen molar-refractivity contribution < 1.29 is 33.9 Å². The maximum atomic E-state index is 12.7. The molecule has 4 N–H and O–H groups in total. The Hall–Kier alpha value is -3.39. The van der Waals surface area contributed by atoms with Crippen molar-refractivity contribution in [3.8, 4) is 0 Å². The quantitative estimate of drug-likeness (QED) is 0.199. The first-order valence-electron chi connectivity index (χ1n) is 9.97. The molecule has 0 unspecified atom stereocenters. The highest BCUT2D eigenvalue weighted by atomic mass is 32.2. The first-order valence-corrected chi connectivity index (χ1v) is 11.9. The molecule has 0 aromatic carbocycles. The number of allylic oxidation sites excluding steroid dienone is 1. The van der Waals surface area contributed by atoms with E-state index in [4.69, 9.17) is 15.3 Å². The Morgan fingerprint density at radius 3 is 2.74 bits per heavy atom. The van der Waals surface area contributed by atoms with E-state index in [1.807, 2.05) is 0 Å². The first-order chi connectivity index (χ1) is 16.0. The Morgan fingerprint density at radius 1 is 1.41 bits per heavy atom. The molecule has 14 heteroatoms. The zero-order valence-corrected chi connectivity index (χ0v) is 20.2. The number of hydrogen-bond donors (Lipinski definition) is 3. The summed E-state index contributed by atoms with van der Waals surface area (Å²) in [6.45, 7) is 4.57. The molecule has 3 rings (SSSR count).